The zero-order valence-electron chi connectivity index (χ0n) is 9.99. The van der Waals surface area contributed by atoms with Crippen LogP contribution in [0.3, 0.4) is 0 Å². The molecule has 0 saturated carbocycles. The minimum Gasteiger partial charge on any atom is -0.335 e. The molecule has 1 rings (SSSR count). The van der Waals surface area contributed by atoms with E-state index in [0.717, 1.165) is 6.42 Å². The standard InChI is InChI=1S/C11H16ClN3O/c1-5-11(2,3)15(4)10(16)8-6-7-9(12)14-13-8/h6-7H,5H2,1-4H3. The van der Waals surface area contributed by atoms with Gasteiger partial charge in [0.15, 0.2) is 10.8 Å². The van der Waals surface area contributed by atoms with E-state index < -0.39 is 0 Å². The summed E-state index contributed by atoms with van der Waals surface area (Å²) >= 11 is 5.61. The van der Waals surface area contributed by atoms with Gasteiger partial charge in [-0.15, -0.1) is 10.2 Å². The Morgan fingerprint density at radius 2 is 2.06 bits per heavy atom. The molecule has 0 N–H and O–H groups in total. The van der Waals surface area contributed by atoms with Crippen molar-refractivity contribution in [3.05, 3.63) is 23.0 Å². The summed E-state index contributed by atoms with van der Waals surface area (Å²) < 4.78 is 0. The van der Waals surface area contributed by atoms with Gasteiger partial charge < -0.3 is 4.90 Å². The van der Waals surface area contributed by atoms with Crippen LogP contribution in [0.1, 0.15) is 37.7 Å². The highest BCUT2D eigenvalue weighted by Gasteiger charge is 2.27. The molecule has 0 aliphatic carbocycles. The normalized spacial score (nSPS) is 11.3. The minimum absolute atomic E-state index is 0.143. The van der Waals surface area contributed by atoms with Gasteiger partial charge in [0, 0.05) is 12.6 Å². The molecule has 16 heavy (non-hydrogen) atoms. The summed E-state index contributed by atoms with van der Waals surface area (Å²) in [7, 11) is 1.77. The fourth-order valence-corrected chi connectivity index (χ4v) is 1.21. The van der Waals surface area contributed by atoms with Gasteiger partial charge in [-0.2, -0.15) is 0 Å². The monoisotopic (exact) mass is 241 g/mol. The number of carbonyl (C=O) groups is 1. The van der Waals surface area contributed by atoms with Crippen LogP contribution in [0.2, 0.25) is 5.15 Å². The zero-order chi connectivity index (χ0) is 12.3. The number of hydrogen-bond donors (Lipinski definition) is 0. The topological polar surface area (TPSA) is 46.1 Å². The maximum absolute atomic E-state index is 12.0. The average Bonchev–Trinajstić information content (AvgIpc) is 2.28. The largest absolute Gasteiger partial charge is 0.335 e. The summed E-state index contributed by atoms with van der Waals surface area (Å²) in [5.41, 5.74) is 0.117. The number of nitrogens with zero attached hydrogens (tertiary/aromatic N) is 3. The summed E-state index contributed by atoms with van der Waals surface area (Å²) in [5.74, 6) is -0.143. The van der Waals surface area contributed by atoms with Crippen molar-refractivity contribution in [2.45, 2.75) is 32.7 Å². The number of carbonyl (C=O) groups excluding carboxylic acids is 1. The van der Waals surface area contributed by atoms with Crippen LogP contribution in [0.15, 0.2) is 12.1 Å². The molecule has 0 atom stereocenters. The fourth-order valence-electron chi connectivity index (χ4n) is 1.11. The molecule has 88 valence electrons. The number of halogens is 1. The lowest BCUT2D eigenvalue weighted by molar-refractivity contribution is 0.0613. The molecule has 0 saturated heterocycles. The predicted octanol–water partition coefficient (Wildman–Crippen LogP) is 2.39. The van der Waals surface area contributed by atoms with Gasteiger partial charge in [-0.05, 0) is 32.4 Å². The zero-order valence-corrected chi connectivity index (χ0v) is 10.7. The fraction of sp³-hybridized carbons (Fsp3) is 0.545. The molecule has 1 heterocycles. The molecule has 0 aliphatic rings. The van der Waals surface area contributed by atoms with Crippen LogP contribution in [-0.2, 0) is 0 Å². The molecule has 1 aromatic heterocycles. The van der Waals surface area contributed by atoms with Crippen LogP contribution in [0.25, 0.3) is 0 Å². The van der Waals surface area contributed by atoms with Crippen LogP contribution < -0.4 is 0 Å². The molecular weight excluding hydrogens is 226 g/mol. The Balaban J connectivity index is 2.90. The van der Waals surface area contributed by atoms with Crippen molar-refractivity contribution in [3.63, 3.8) is 0 Å². The van der Waals surface area contributed by atoms with Crippen LogP contribution in [0.4, 0.5) is 0 Å². The third-order valence-electron chi connectivity index (χ3n) is 2.93. The first-order valence-electron chi connectivity index (χ1n) is 5.16. The van der Waals surface area contributed by atoms with Gasteiger partial charge >= 0.3 is 0 Å². The molecule has 5 heteroatoms. The molecule has 1 amide bonds. The Hall–Kier alpha value is -1.16. The van der Waals surface area contributed by atoms with Crippen molar-refractivity contribution in [2.75, 3.05) is 7.05 Å². The summed E-state index contributed by atoms with van der Waals surface area (Å²) in [6.07, 6.45) is 0.871. The Morgan fingerprint density at radius 1 is 1.44 bits per heavy atom. The van der Waals surface area contributed by atoms with Crippen LogP contribution in [-0.4, -0.2) is 33.6 Å². The van der Waals surface area contributed by atoms with Gasteiger partial charge in [0.1, 0.15) is 0 Å². The maximum atomic E-state index is 12.0. The van der Waals surface area contributed by atoms with Crippen molar-refractivity contribution >= 4 is 17.5 Å². The Morgan fingerprint density at radius 3 is 2.50 bits per heavy atom. The highest BCUT2D eigenvalue weighted by atomic mass is 35.5. The lowest BCUT2D eigenvalue weighted by Gasteiger charge is -2.34. The lowest BCUT2D eigenvalue weighted by Crippen LogP contribution is -2.44. The molecule has 4 nitrogen and oxygen atoms in total. The number of amides is 1. The van der Waals surface area contributed by atoms with Crippen molar-refractivity contribution in [3.8, 4) is 0 Å². The predicted molar refractivity (Wildman–Crippen MR) is 63.5 cm³/mol. The quantitative estimate of drug-likeness (QED) is 0.816. The summed E-state index contributed by atoms with van der Waals surface area (Å²) in [4.78, 5) is 13.7. The molecular formula is C11H16ClN3O. The summed E-state index contributed by atoms with van der Waals surface area (Å²) in [6.45, 7) is 6.06. The Bertz CT molecular complexity index is 375. The number of hydrogen-bond acceptors (Lipinski definition) is 3. The average molecular weight is 242 g/mol. The van der Waals surface area contributed by atoms with Gasteiger partial charge in [-0.1, -0.05) is 18.5 Å². The molecule has 0 fully saturated rings. The van der Waals surface area contributed by atoms with Crippen molar-refractivity contribution in [1.29, 1.82) is 0 Å². The summed E-state index contributed by atoms with van der Waals surface area (Å²) in [6, 6.07) is 3.15. The third-order valence-corrected chi connectivity index (χ3v) is 3.13. The first-order chi connectivity index (χ1) is 7.38. The molecule has 0 unspecified atom stereocenters. The van der Waals surface area contributed by atoms with E-state index in [1.165, 1.54) is 0 Å². The highest BCUT2D eigenvalue weighted by molar-refractivity contribution is 6.29. The van der Waals surface area contributed by atoms with E-state index in [0.29, 0.717) is 5.69 Å². The first kappa shape index (κ1) is 12.9. The first-order valence-corrected chi connectivity index (χ1v) is 5.53. The highest BCUT2D eigenvalue weighted by Crippen LogP contribution is 2.18. The molecule has 0 spiro atoms. The van der Waals surface area contributed by atoms with E-state index in [2.05, 4.69) is 10.2 Å². The van der Waals surface area contributed by atoms with Gasteiger partial charge in [0.25, 0.3) is 5.91 Å². The molecule has 0 aromatic carbocycles. The molecule has 0 aliphatic heterocycles. The van der Waals surface area contributed by atoms with Crippen LogP contribution >= 0.6 is 11.6 Å². The van der Waals surface area contributed by atoms with E-state index >= 15 is 0 Å². The van der Waals surface area contributed by atoms with Gasteiger partial charge in [0.2, 0.25) is 0 Å². The second-order valence-electron chi connectivity index (χ2n) is 4.27. The SMILES string of the molecule is CCC(C)(C)N(C)C(=O)c1ccc(Cl)nn1. The van der Waals surface area contributed by atoms with E-state index in [9.17, 15) is 4.79 Å². The van der Waals surface area contributed by atoms with E-state index in [-0.39, 0.29) is 16.6 Å². The molecule has 0 bridgehead atoms. The van der Waals surface area contributed by atoms with Gasteiger partial charge in [-0.25, -0.2) is 0 Å². The molecule has 0 radical (unpaired) electrons. The van der Waals surface area contributed by atoms with Gasteiger partial charge in [-0.3, -0.25) is 4.79 Å². The second kappa shape index (κ2) is 4.78. The second-order valence-corrected chi connectivity index (χ2v) is 4.66. The van der Waals surface area contributed by atoms with E-state index in [1.807, 2.05) is 20.8 Å². The Labute approximate surface area is 101 Å². The van der Waals surface area contributed by atoms with Crippen molar-refractivity contribution in [1.82, 2.24) is 15.1 Å². The van der Waals surface area contributed by atoms with Crippen molar-refractivity contribution < 1.29 is 4.79 Å². The third kappa shape index (κ3) is 2.70. The smallest absolute Gasteiger partial charge is 0.274 e. The van der Waals surface area contributed by atoms with Gasteiger partial charge in [0.05, 0.1) is 0 Å². The lowest BCUT2D eigenvalue weighted by atomic mass is 9.99. The van der Waals surface area contributed by atoms with Crippen molar-refractivity contribution in [2.24, 2.45) is 0 Å². The summed E-state index contributed by atoms with van der Waals surface area (Å²) in [5, 5.41) is 7.72. The maximum Gasteiger partial charge on any atom is 0.274 e. The Kier molecular flexibility index (Phi) is 3.86. The van der Waals surface area contributed by atoms with Crippen LogP contribution in [0.5, 0.6) is 0 Å². The number of rotatable bonds is 3. The van der Waals surface area contributed by atoms with E-state index in [4.69, 9.17) is 11.6 Å². The molecule has 1 aromatic rings. The number of aromatic nitrogens is 2. The van der Waals surface area contributed by atoms with Crippen LogP contribution in [0, 0.1) is 0 Å². The minimum atomic E-state index is -0.196. The van der Waals surface area contributed by atoms with E-state index in [1.54, 1.807) is 24.1 Å².